The lowest BCUT2D eigenvalue weighted by molar-refractivity contribution is 0.550. The molecule has 2 heteroatoms. The van der Waals surface area contributed by atoms with E-state index in [1.165, 1.54) is 18.4 Å². The van der Waals surface area contributed by atoms with Crippen LogP contribution in [-0.2, 0) is 6.42 Å². The van der Waals surface area contributed by atoms with Crippen LogP contribution in [0.4, 0.5) is 0 Å². The van der Waals surface area contributed by atoms with Gasteiger partial charge in [0.2, 0.25) is 0 Å². The van der Waals surface area contributed by atoms with E-state index in [-0.39, 0.29) is 0 Å². The third kappa shape index (κ3) is 2.55. The summed E-state index contributed by atoms with van der Waals surface area (Å²) in [5.41, 5.74) is 8.43. The molecule has 0 amide bonds. The molecule has 1 heterocycles. The smallest absolute Gasteiger partial charge is 0.0372 e. The Balaban J connectivity index is 1.82. The average molecular weight is 190 g/mol. The molecule has 1 aliphatic carbocycles. The first-order valence-corrected chi connectivity index (χ1v) is 5.43. The molecule has 1 unspecified atom stereocenters. The molecule has 76 valence electrons. The highest BCUT2D eigenvalue weighted by atomic mass is 14.7. The molecule has 1 aromatic rings. The zero-order chi connectivity index (χ0) is 9.97. The Morgan fingerprint density at radius 2 is 2.29 bits per heavy atom. The van der Waals surface area contributed by atoms with Crippen molar-refractivity contribution < 1.29 is 0 Å². The van der Waals surface area contributed by atoms with Gasteiger partial charge in [-0.15, -0.1) is 0 Å². The molecule has 1 aliphatic rings. The van der Waals surface area contributed by atoms with Crippen molar-refractivity contribution in [1.29, 1.82) is 0 Å². The molecule has 1 aromatic heterocycles. The number of rotatable bonds is 4. The van der Waals surface area contributed by atoms with Gasteiger partial charge in [-0.1, -0.05) is 6.07 Å². The highest BCUT2D eigenvalue weighted by Gasteiger charge is 2.27. The zero-order valence-corrected chi connectivity index (χ0v) is 8.74. The lowest BCUT2D eigenvalue weighted by Gasteiger charge is -2.09. The Hall–Kier alpha value is -0.890. The van der Waals surface area contributed by atoms with Gasteiger partial charge in [0.05, 0.1) is 0 Å². The van der Waals surface area contributed by atoms with Crippen LogP contribution in [0.5, 0.6) is 0 Å². The monoisotopic (exact) mass is 190 g/mol. The topological polar surface area (TPSA) is 38.9 Å². The van der Waals surface area contributed by atoms with Crippen LogP contribution in [0.2, 0.25) is 0 Å². The van der Waals surface area contributed by atoms with Gasteiger partial charge in [0, 0.05) is 17.9 Å². The molecule has 0 aromatic carbocycles. The third-order valence-electron chi connectivity index (χ3n) is 2.97. The van der Waals surface area contributed by atoms with Gasteiger partial charge in [-0.3, -0.25) is 4.98 Å². The summed E-state index contributed by atoms with van der Waals surface area (Å²) in [5, 5.41) is 0. The quantitative estimate of drug-likeness (QED) is 0.789. The Labute approximate surface area is 85.5 Å². The summed E-state index contributed by atoms with van der Waals surface area (Å²) >= 11 is 0. The largest absolute Gasteiger partial charge is 0.327 e. The van der Waals surface area contributed by atoms with Crippen molar-refractivity contribution in [2.75, 3.05) is 0 Å². The second-order valence-electron chi connectivity index (χ2n) is 4.35. The van der Waals surface area contributed by atoms with Crippen LogP contribution in [0, 0.1) is 12.8 Å². The number of hydrogen-bond acceptors (Lipinski definition) is 2. The molecule has 0 radical (unpaired) electrons. The summed E-state index contributed by atoms with van der Waals surface area (Å²) in [6.07, 6.45) is 6.83. The van der Waals surface area contributed by atoms with Crippen LogP contribution in [0.25, 0.3) is 0 Å². The first-order valence-electron chi connectivity index (χ1n) is 5.43. The number of nitrogens with two attached hydrogens (primary N) is 1. The second kappa shape index (κ2) is 4.09. The highest BCUT2D eigenvalue weighted by molar-refractivity contribution is 5.13. The zero-order valence-electron chi connectivity index (χ0n) is 8.74. The van der Waals surface area contributed by atoms with Crippen molar-refractivity contribution in [1.82, 2.24) is 4.98 Å². The SMILES string of the molecule is Cc1ccc(CCC(N)C2CC2)cn1. The van der Waals surface area contributed by atoms with Crippen LogP contribution in [0.15, 0.2) is 18.3 Å². The third-order valence-corrected chi connectivity index (χ3v) is 2.97. The fraction of sp³-hybridized carbons (Fsp3) is 0.583. The Kier molecular flexibility index (Phi) is 2.82. The number of pyridine rings is 1. The van der Waals surface area contributed by atoms with Crippen molar-refractivity contribution in [3.05, 3.63) is 29.6 Å². The predicted octanol–water partition coefficient (Wildman–Crippen LogP) is 2.06. The van der Waals surface area contributed by atoms with Gasteiger partial charge in [-0.25, -0.2) is 0 Å². The average Bonchev–Trinajstić information content (AvgIpc) is 3.00. The summed E-state index contributed by atoms with van der Waals surface area (Å²) in [4.78, 5) is 4.28. The van der Waals surface area contributed by atoms with Crippen LogP contribution >= 0.6 is 0 Å². The van der Waals surface area contributed by atoms with E-state index in [2.05, 4.69) is 17.1 Å². The molecule has 1 fully saturated rings. The molecule has 0 spiro atoms. The fourth-order valence-electron chi connectivity index (χ4n) is 1.74. The summed E-state index contributed by atoms with van der Waals surface area (Å²) in [7, 11) is 0. The fourth-order valence-corrected chi connectivity index (χ4v) is 1.74. The van der Waals surface area contributed by atoms with Crippen molar-refractivity contribution in [2.45, 2.75) is 38.6 Å². The van der Waals surface area contributed by atoms with Gasteiger partial charge in [-0.05, 0) is 50.2 Å². The van der Waals surface area contributed by atoms with E-state index in [9.17, 15) is 0 Å². The first kappa shape index (κ1) is 9.66. The summed E-state index contributed by atoms with van der Waals surface area (Å²) in [6.45, 7) is 2.01. The standard InChI is InChI=1S/C12H18N2/c1-9-2-3-10(8-14-9)4-7-12(13)11-5-6-11/h2-3,8,11-12H,4-7,13H2,1H3. The first-order chi connectivity index (χ1) is 6.75. The van der Waals surface area contributed by atoms with Crippen LogP contribution in [-0.4, -0.2) is 11.0 Å². The van der Waals surface area contributed by atoms with E-state index in [1.807, 2.05) is 13.1 Å². The summed E-state index contributed by atoms with van der Waals surface area (Å²) in [5.74, 6) is 0.813. The molecule has 0 aliphatic heterocycles. The molecule has 2 nitrogen and oxygen atoms in total. The summed E-state index contributed by atoms with van der Waals surface area (Å²) < 4.78 is 0. The summed E-state index contributed by atoms with van der Waals surface area (Å²) in [6, 6.07) is 4.64. The van der Waals surface area contributed by atoms with Crippen LogP contribution in [0.1, 0.15) is 30.5 Å². The second-order valence-corrected chi connectivity index (χ2v) is 4.35. The van der Waals surface area contributed by atoms with E-state index in [4.69, 9.17) is 5.73 Å². The maximum absolute atomic E-state index is 6.04. The Bertz CT molecular complexity index is 288. The Morgan fingerprint density at radius 1 is 1.50 bits per heavy atom. The van der Waals surface area contributed by atoms with Crippen LogP contribution < -0.4 is 5.73 Å². The highest BCUT2D eigenvalue weighted by Crippen LogP contribution is 2.33. The molecular formula is C12H18N2. The number of aryl methyl sites for hydroxylation is 2. The van der Waals surface area contributed by atoms with Gasteiger partial charge in [0.1, 0.15) is 0 Å². The molecule has 0 bridgehead atoms. The van der Waals surface area contributed by atoms with Crippen molar-refractivity contribution in [3.8, 4) is 0 Å². The molecule has 2 N–H and O–H groups in total. The van der Waals surface area contributed by atoms with E-state index in [0.29, 0.717) is 6.04 Å². The number of nitrogens with zero attached hydrogens (tertiary/aromatic N) is 1. The van der Waals surface area contributed by atoms with Crippen molar-refractivity contribution in [3.63, 3.8) is 0 Å². The van der Waals surface area contributed by atoms with Gasteiger partial charge >= 0.3 is 0 Å². The van der Waals surface area contributed by atoms with E-state index in [0.717, 1.165) is 24.5 Å². The molecule has 0 saturated heterocycles. The number of hydrogen-bond donors (Lipinski definition) is 1. The van der Waals surface area contributed by atoms with E-state index in [1.54, 1.807) is 0 Å². The molecule has 1 atom stereocenters. The van der Waals surface area contributed by atoms with Gasteiger partial charge in [0.25, 0.3) is 0 Å². The minimum absolute atomic E-state index is 0.413. The predicted molar refractivity (Wildman–Crippen MR) is 58.0 cm³/mol. The maximum Gasteiger partial charge on any atom is 0.0372 e. The van der Waals surface area contributed by atoms with Crippen molar-refractivity contribution >= 4 is 0 Å². The minimum atomic E-state index is 0.413. The van der Waals surface area contributed by atoms with E-state index >= 15 is 0 Å². The number of aromatic nitrogens is 1. The van der Waals surface area contributed by atoms with Gasteiger partial charge in [0.15, 0.2) is 0 Å². The molecule has 14 heavy (non-hydrogen) atoms. The Morgan fingerprint density at radius 3 is 2.86 bits per heavy atom. The molecule has 1 saturated carbocycles. The lowest BCUT2D eigenvalue weighted by atomic mass is 10.0. The van der Waals surface area contributed by atoms with Gasteiger partial charge < -0.3 is 5.73 Å². The maximum atomic E-state index is 6.04. The van der Waals surface area contributed by atoms with E-state index < -0.39 is 0 Å². The van der Waals surface area contributed by atoms with Gasteiger partial charge in [-0.2, -0.15) is 0 Å². The normalized spacial score (nSPS) is 18.1. The van der Waals surface area contributed by atoms with Crippen LogP contribution in [0.3, 0.4) is 0 Å². The molecule has 2 rings (SSSR count). The molecular weight excluding hydrogens is 172 g/mol. The van der Waals surface area contributed by atoms with Crippen molar-refractivity contribution in [2.24, 2.45) is 11.7 Å². The minimum Gasteiger partial charge on any atom is -0.327 e. The lowest BCUT2D eigenvalue weighted by Crippen LogP contribution is -2.22.